The van der Waals surface area contributed by atoms with E-state index in [0.29, 0.717) is 6.54 Å². The zero-order valence-electron chi connectivity index (χ0n) is 12.5. The lowest BCUT2D eigenvalue weighted by atomic mass is 10.2. The van der Waals surface area contributed by atoms with Gasteiger partial charge in [0.1, 0.15) is 5.75 Å². The summed E-state index contributed by atoms with van der Waals surface area (Å²) in [5, 5.41) is 16.5. The third kappa shape index (κ3) is 8.26. The highest BCUT2D eigenvalue weighted by atomic mass is 16.4. The Morgan fingerprint density at radius 3 is 2.14 bits per heavy atom. The minimum atomic E-state index is -0.833. The number of pyridine rings is 1. The molecule has 0 fully saturated rings. The molecule has 2 aromatic rings. The van der Waals surface area contributed by atoms with Gasteiger partial charge in [0.2, 0.25) is 0 Å². The van der Waals surface area contributed by atoms with Crippen molar-refractivity contribution in [2.24, 2.45) is 0 Å². The molecule has 0 spiro atoms. The maximum atomic E-state index is 11.4. The summed E-state index contributed by atoms with van der Waals surface area (Å²) in [6.45, 7) is 5.61. The minimum absolute atomic E-state index is 0.00399. The second kappa shape index (κ2) is 10.3. The Labute approximate surface area is 124 Å². The van der Waals surface area contributed by atoms with Crippen molar-refractivity contribution >= 4 is 5.97 Å². The third-order valence-corrected chi connectivity index (χ3v) is 2.18. The molecule has 1 aromatic carbocycles. The average Bonchev–Trinajstić information content (AvgIpc) is 2.45. The third-order valence-electron chi connectivity index (χ3n) is 2.18. The monoisotopic (exact) mass is 291 g/mol. The largest absolute Gasteiger partial charge is 0.508 e. The SMILES string of the molecule is CC.CC(=O)O.O=c1cc(O)ccn1Cc1ccccc1. The van der Waals surface area contributed by atoms with Crippen LogP contribution in [0.1, 0.15) is 26.3 Å². The van der Waals surface area contributed by atoms with Gasteiger partial charge in [-0.25, -0.2) is 0 Å². The molecule has 2 rings (SSSR count). The van der Waals surface area contributed by atoms with Crippen LogP contribution in [0.25, 0.3) is 0 Å². The molecular weight excluding hydrogens is 270 g/mol. The zero-order valence-corrected chi connectivity index (χ0v) is 12.5. The summed E-state index contributed by atoms with van der Waals surface area (Å²) >= 11 is 0. The Balaban J connectivity index is 0.000000579. The zero-order chi connectivity index (χ0) is 16.3. The fourth-order valence-electron chi connectivity index (χ4n) is 1.41. The number of carbonyl (C=O) groups is 1. The van der Waals surface area contributed by atoms with E-state index in [0.717, 1.165) is 12.5 Å². The standard InChI is InChI=1S/C12H11NO2.C2H4O2.C2H6/c14-11-6-7-13(12(15)8-11)9-10-4-2-1-3-5-10;1-2(3)4;1-2/h1-8,14H,9H2;1H3,(H,3,4);1-2H3. The number of rotatable bonds is 2. The van der Waals surface area contributed by atoms with Crippen LogP contribution in [0.4, 0.5) is 0 Å². The Kier molecular flexibility index (Phi) is 9.00. The molecule has 0 amide bonds. The number of carboxylic acid groups (broad SMARTS) is 1. The molecule has 1 aromatic heterocycles. The number of carboxylic acids is 1. The van der Waals surface area contributed by atoms with E-state index in [9.17, 15) is 4.79 Å². The Morgan fingerprint density at radius 2 is 1.67 bits per heavy atom. The molecule has 2 N–H and O–H groups in total. The molecule has 0 aliphatic heterocycles. The smallest absolute Gasteiger partial charge is 0.300 e. The van der Waals surface area contributed by atoms with Gasteiger partial charge in [0.15, 0.2) is 0 Å². The van der Waals surface area contributed by atoms with Crippen LogP contribution in [-0.4, -0.2) is 20.7 Å². The normalized spacial score (nSPS) is 8.71. The van der Waals surface area contributed by atoms with Crippen molar-refractivity contribution < 1.29 is 15.0 Å². The van der Waals surface area contributed by atoms with Gasteiger partial charge in [-0.1, -0.05) is 44.2 Å². The molecule has 5 heteroatoms. The maximum absolute atomic E-state index is 11.4. The van der Waals surface area contributed by atoms with Crippen molar-refractivity contribution in [3.63, 3.8) is 0 Å². The van der Waals surface area contributed by atoms with Gasteiger partial charge < -0.3 is 14.8 Å². The van der Waals surface area contributed by atoms with Crippen LogP contribution in [0.15, 0.2) is 53.5 Å². The summed E-state index contributed by atoms with van der Waals surface area (Å²) in [7, 11) is 0. The Morgan fingerprint density at radius 1 is 1.14 bits per heavy atom. The van der Waals surface area contributed by atoms with Gasteiger partial charge in [-0.05, 0) is 11.6 Å². The predicted octanol–water partition coefficient (Wildman–Crippen LogP) is 2.72. The highest BCUT2D eigenvalue weighted by Crippen LogP contribution is 2.04. The van der Waals surface area contributed by atoms with Gasteiger partial charge in [0.05, 0.1) is 6.54 Å². The van der Waals surface area contributed by atoms with Crippen molar-refractivity contribution in [1.29, 1.82) is 0 Å². The molecule has 1 heterocycles. The molecule has 0 bridgehead atoms. The number of hydrogen-bond acceptors (Lipinski definition) is 3. The van der Waals surface area contributed by atoms with E-state index in [1.54, 1.807) is 10.8 Å². The highest BCUT2D eigenvalue weighted by molar-refractivity contribution is 5.62. The topological polar surface area (TPSA) is 79.5 Å². The first-order chi connectivity index (χ1) is 9.99. The second-order valence-electron chi connectivity index (χ2n) is 3.86. The minimum Gasteiger partial charge on any atom is -0.508 e. The average molecular weight is 291 g/mol. The Bertz CT molecular complexity index is 587. The summed E-state index contributed by atoms with van der Waals surface area (Å²) < 4.78 is 1.55. The van der Waals surface area contributed by atoms with Crippen molar-refractivity contribution in [2.75, 3.05) is 0 Å². The van der Waals surface area contributed by atoms with Crippen molar-refractivity contribution in [3.8, 4) is 5.75 Å². The lowest BCUT2D eigenvalue weighted by Gasteiger charge is -2.04. The van der Waals surface area contributed by atoms with Crippen LogP contribution in [-0.2, 0) is 11.3 Å². The molecule has 5 nitrogen and oxygen atoms in total. The van der Waals surface area contributed by atoms with Gasteiger partial charge in [-0.3, -0.25) is 9.59 Å². The van der Waals surface area contributed by atoms with E-state index in [-0.39, 0.29) is 11.3 Å². The van der Waals surface area contributed by atoms with E-state index in [2.05, 4.69) is 0 Å². The molecule has 0 atom stereocenters. The van der Waals surface area contributed by atoms with Gasteiger partial charge in [-0.15, -0.1) is 0 Å². The summed E-state index contributed by atoms with van der Waals surface area (Å²) in [6, 6.07) is 12.4. The van der Waals surface area contributed by atoms with Gasteiger partial charge in [0.25, 0.3) is 11.5 Å². The van der Waals surface area contributed by atoms with E-state index in [4.69, 9.17) is 15.0 Å². The molecule has 114 valence electrons. The first-order valence-corrected chi connectivity index (χ1v) is 6.62. The molecule has 0 unspecified atom stereocenters. The molecule has 0 aliphatic rings. The van der Waals surface area contributed by atoms with E-state index < -0.39 is 5.97 Å². The van der Waals surface area contributed by atoms with E-state index in [1.807, 2.05) is 44.2 Å². The Hall–Kier alpha value is -2.56. The van der Waals surface area contributed by atoms with Crippen LogP contribution < -0.4 is 5.56 Å². The number of hydrogen-bond donors (Lipinski definition) is 2. The summed E-state index contributed by atoms with van der Waals surface area (Å²) in [4.78, 5) is 20.4. The molecule has 21 heavy (non-hydrogen) atoms. The van der Waals surface area contributed by atoms with Crippen LogP contribution in [0.5, 0.6) is 5.75 Å². The number of nitrogens with zero attached hydrogens (tertiary/aromatic N) is 1. The maximum Gasteiger partial charge on any atom is 0.300 e. The highest BCUT2D eigenvalue weighted by Gasteiger charge is 1.97. The van der Waals surface area contributed by atoms with Gasteiger partial charge >= 0.3 is 0 Å². The predicted molar refractivity (Wildman–Crippen MR) is 82.6 cm³/mol. The number of aliphatic carboxylic acids is 1. The van der Waals surface area contributed by atoms with Crippen LogP contribution >= 0.6 is 0 Å². The van der Waals surface area contributed by atoms with E-state index in [1.165, 1.54) is 12.1 Å². The van der Waals surface area contributed by atoms with Gasteiger partial charge in [0, 0.05) is 19.2 Å². The number of aromatic hydroxyl groups is 1. The first kappa shape index (κ1) is 18.4. The van der Waals surface area contributed by atoms with Crippen LogP contribution in [0.3, 0.4) is 0 Å². The molecular formula is C16H21NO4. The fourth-order valence-corrected chi connectivity index (χ4v) is 1.41. The van der Waals surface area contributed by atoms with Crippen molar-refractivity contribution in [3.05, 3.63) is 64.6 Å². The number of benzene rings is 1. The molecule has 0 radical (unpaired) electrons. The summed E-state index contributed by atoms with van der Waals surface area (Å²) in [5.74, 6) is -0.829. The lowest BCUT2D eigenvalue weighted by molar-refractivity contribution is -0.134. The van der Waals surface area contributed by atoms with Crippen LogP contribution in [0, 0.1) is 0 Å². The molecule has 0 saturated heterocycles. The quantitative estimate of drug-likeness (QED) is 0.891. The second-order valence-corrected chi connectivity index (χ2v) is 3.86. The summed E-state index contributed by atoms with van der Waals surface area (Å²) in [6.07, 6.45) is 1.59. The van der Waals surface area contributed by atoms with Crippen molar-refractivity contribution in [2.45, 2.75) is 27.3 Å². The molecule has 0 saturated carbocycles. The van der Waals surface area contributed by atoms with Crippen LogP contribution in [0.2, 0.25) is 0 Å². The lowest BCUT2D eigenvalue weighted by Crippen LogP contribution is -2.18. The molecule has 0 aliphatic carbocycles. The van der Waals surface area contributed by atoms with Crippen molar-refractivity contribution in [1.82, 2.24) is 4.57 Å². The summed E-state index contributed by atoms with van der Waals surface area (Å²) in [5.41, 5.74) is 0.865. The van der Waals surface area contributed by atoms with Gasteiger partial charge in [-0.2, -0.15) is 0 Å². The van der Waals surface area contributed by atoms with E-state index >= 15 is 0 Å². The number of aromatic nitrogens is 1. The fraction of sp³-hybridized carbons (Fsp3) is 0.250. The first-order valence-electron chi connectivity index (χ1n) is 6.62.